The van der Waals surface area contributed by atoms with E-state index in [1.807, 2.05) is 24.4 Å². The van der Waals surface area contributed by atoms with Crippen LogP contribution in [0.3, 0.4) is 0 Å². The summed E-state index contributed by atoms with van der Waals surface area (Å²) in [5.41, 5.74) is 4.59. The number of benzene rings is 4. The summed E-state index contributed by atoms with van der Waals surface area (Å²) in [6, 6.07) is 35.9. The van der Waals surface area contributed by atoms with E-state index in [2.05, 4.69) is 116 Å². The molecular weight excluding hydrogens is 472 g/mol. The Kier molecular flexibility index (Phi) is 4.77. The van der Waals surface area contributed by atoms with E-state index >= 15 is 0 Å². The Balaban J connectivity index is 1.81. The number of fused-ring (bicyclic) bond motifs is 2. The fraction of sp³-hybridized carbons (Fsp3) is 0.0357. The average Bonchev–Trinajstić information content (AvgIpc) is 3.21. The highest BCUT2D eigenvalue weighted by molar-refractivity contribution is 9.10. The van der Waals surface area contributed by atoms with Crippen molar-refractivity contribution in [3.05, 3.63) is 137 Å². The van der Waals surface area contributed by atoms with Crippen LogP contribution in [-0.2, 0) is 5.54 Å². The van der Waals surface area contributed by atoms with Crippen molar-refractivity contribution in [2.45, 2.75) is 5.54 Å². The Labute approximate surface area is 199 Å². The van der Waals surface area contributed by atoms with Crippen molar-refractivity contribution in [2.75, 3.05) is 0 Å². The largest absolute Gasteiger partial charge is 0.244 e. The molecule has 0 bridgehead atoms. The zero-order valence-corrected chi connectivity index (χ0v) is 19.2. The van der Waals surface area contributed by atoms with Crippen LogP contribution in [0.15, 0.2) is 120 Å². The van der Waals surface area contributed by atoms with E-state index in [1.54, 1.807) is 6.33 Å². The van der Waals surface area contributed by atoms with Gasteiger partial charge < -0.3 is 0 Å². The van der Waals surface area contributed by atoms with Crippen LogP contribution < -0.4 is 0 Å². The highest BCUT2D eigenvalue weighted by Crippen LogP contribution is 2.43. The minimum atomic E-state index is -0.683. The van der Waals surface area contributed by atoms with Crippen LogP contribution in [-0.4, -0.2) is 19.7 Å². The molecule has 0 amide bonds. The summed E-state index contributed by atoms with van der Waals surface area (Å²) >= 11 is 3.74. The first-order valence-corrected chi connectivity index (χ1v) is 11.5. The first-order valence-electron chi connectivity index (χ1n) is 10.7. The van der Waals surface area contributed by atoms with Gasteiger partial charge in [0, 0.05) is 17.0 Å². The fourth-order valence-corrected chi connectivity index (χ4v) is 5.19. The molecule has 4 nitrogen and oxygen atoms in total. The lowest BCUT2D eigenvalue weighted by atomic mass is 9.77. The summed E-state index contributed by atoms with van der Waals surface area (Å²) in [7, 11) is 0. The van der Waals surface area contributed by atoms with Gasteiger partial charge in [-0.15, -0.1) is 0 Å². The zero-order chi connectivity index (χ0) is 22.3. The topological polar surface area (TPSA) is 43.6 Å². The number of nitrogens with zero attached hydrogens (tertiary/aromatic N) is 4. The van der Waals surface area contributed by atoms with Crippen molar-refractivity contribution < 1.29 is 0 Å². The standard InChI is InChI=1S/C28H19BrN4/c29-27-24-17-25-20(18-30-19-31-25)16-26(24)33(32-27)28(21-10-4-1-5-11-21,22-12-6-2-7-13-22)23-14-8-3-9-15-23/h1-19H. The molecule has 0 spiro atoms. The number of hydrogen-bond donors (Lipinski definition) is 0. The van der Waals surface area contributed by atoms with E-state index in [0.29, 0.717) is 0 Å². The van der Waals surface area contributed by atoms with Crippen molar-refractivity contribution in [3.63, 3.8) is 0 Å². The Hall–Kier alpha value is -3.83. The molecule has 0 atom stereocenters. The first-order chi connectivity index (χ1) is 16.3. The van der Waals surface area contributed by atoms with Crippen LogP contribution >= 0.6 is 15.9 Å². The third-order valence-corrected chi connectivity index (χ3v) is 6.74. The van der Waals surface area contributed by atoms with Gasteiger partial charge in [0.25, 0.3) is 0 Å². The minimum absolute atomic E-state index is 0.683. The quantitative estimate of drug-likeness (QED) is 0.262. The number of aromatic nitrogens is 4. The molecule has 0 unspecified atom stereocenters. The summed E-state index contributed by atoms with van der Waals surface area (Å²) in [5, 5.41) is 7.08. The van der Waals surface area contributed by atoms with Gasteiger partial charge in [0.15, 0.2) is 0 Å². The molecule has 2 aromatic heterocycles. The molecule has 0 radical (unpaired) electrons. The van der Waals surface area contributed by atoms with E-state index in [4.69, 9.17) is 5.10 Å². The predicted molar refractivity (Wildman–Crippen MR) is 135 cm³/mol. The predicted octanol–water partition coefficient (Wildman–Crippen LogP) is 6.58. The van der Waals surface area contributed by atoms with E-state index < -0.39 is 5.54 Å². The van der Waals surface area contributed by atoms with Gasteiger partial charge in [0.1, 0.15) is 16.5 Å². The lowest BCUT2D eigenvalue weighted by molar-refractivity contribution is 0.474. The van der Waals surface area contributed by atoms with E-state index in [-0.39, 0.29) is 0 Å². The molecule has 0 aliphatic rings. The van der Waals surface area contributed by atoms with Crippen LogP contribution in [0.5, 0.6) is 0 Å². The van der Waals surface area contributed by atoms with Crippen molar-refractivity contribution in [1.82, 2.24) is 19.7 Å². The summed E-state index contributed by atoms with van der Waals surface area (Å²) in [6.07, 6.45) is 3.43. The molecule has 0 N–H and O–H groups in total. The second-order valence-electron chi connectivity index (χ2n) is 7.96. The SMILES string of the molecule is Brc1nn(C(c2ccccc2)(c2ccccc2)c2ccccc2)c2cc3cncnc3cc12. The lowest BCUT2D eigenvalue weighted by Gasteiger charge is -2.37. The maximum Gasteiger partial charge on any atom is 0.138 e. The van der Waals surface area contributed by atoms with Gasteiger partial charge in [0.05, 0.1) is 11.0 Å². The van der Waals surface area contributed by atoms with Crippen LogP contribution in [0.25, 0.3) is 21.8 Å². The van der Waals surface area contributed by atoms with Crippen LogP contribution in [0.2, 0.25) is 0 Å². The molecule has 0 aliphatic carbocycles. The van der Waals surface area contributed by atoms with Gasteiger partial charge in [-0.05, 0) is 44.8 Å². The Morgan fingerprint density at radius 1 is 0.697 bits per heavy atom. The molecule has 2 heterocycles. The van der Waals surface area contributed by atoms with Crippen LogP contribution in [0.4, 0.5) is 0 Å². The van der Waals surface area contributed by atoms with Crippen molar-refractivity contribution >= 4 is 37.7 Å². The van der Waals surface area contributed by atoms with Crippen molar-refractivity contribution in [3.8, 4) is 0 Å². The van der Waals surface area contributed by atoms with Crippen molar-refractivity contribution in [2.24, 2.45) is 0 Å². The van der Waals surface area contributed by atoms with Crippen LogP contribution in [0.1, 0.15) is 16.7 Å². The van der Waals surface area contributed by atoms with Crippen LogP contribution in [0, 0.1) is 0 Å². The molecule has 0 aliphatic heterocycles. The highest BCUT2D eigenvalue weighted by Gasteiger charge is 2.40. The molecule has 158 valence electrons. The third kappa shape index (κ3) is 3.08. The summed E-state index contributed by atoms with van der Waals surface area (Å²) in [4.78, 5) is 8.69. The molecule has 33 heavy (non-hydrogen) atoms. The molecule has 6 rings (SSSR count). The molecule has 4 aromatic carbocycles. The second kappa shape index (κ2) is 7.94. The average molecular weight is 491 g/mol. The zero-order valence-electron chi connectivity index (χ0n) is 17.6. The summed E-state index contributed by atoms with van der Waals surface area (Å²) in [5.74, 6) is 0. The smallest absolute Gasteiger partial charge is 0.138 e. The van der Waals surface area contributed by atoms with Gasteiger partial charge in [0.2, 0.25) is 0 Å². The Morgan fingerprint density at radius 3 is 1.79 bits per heavy atom. The number of halogens is 1. The number of rotatable bonds is 4. The van der Waals surface area contributed by atoms with Gasteiger partial charge in [-0.25, -0.2) is 14.6 Å². The normalized spacial score (nSPS) is 11.8. The molecule has 0 saturated carbocycles. The van der Waals surface area contributed by atoms with Gasteiger partial charge in [-0.2, -0.15) is 5.10 Å². The van der Waals surface area contributed by atoms with E-state index in [0.717, 1.165) is 43.1 Å². The molecular formula is C28H19BrN4. The van der Waals surface area contributed by atoms with Gasteiger partial charge in [-0.3, -0.25) is 0 Å². The van der Waals surface area contributed by atoms with Crippen molar-refractivity contribution in [1.29, 1.82) is 0 Å². The Bertz CT molecular complexity index is 1460. The van der Waals surface area contributed by atoms with Gasteiger partial charge in [-0.1, -0.05) is 91.0 Å². The van der Waals surface area contributed by atoms with Gasteiger partial charge >= 0.3 is 0 Å². The molecule has 6 aromatic rings. The summed E-state index contributed by atoms with van der Waals surface area (Å²) < 4.78 is 2.92. The monoisotopic (exact) mass is 490 g/mol. The first kappa shape index (κ1) is 19.8. The molecule has 0 saturated heterocycles. The third-order valence-electron chi connectivity index (χ3n) is 6.15. The minimum Gasteiger partial charge on any atom is -0.244 e. The Morgan fingerprint density at radius 2 is 1.24 bits per heavy atom. The highest BCUT2D eigenvalue weighted by atomic mass is 79.9. The number of hydrogen-bond acceptors (Lipinski definition) is 3. The maximum atomic E-state index is 5.10. The van der Waals surface area contributed by atoms with E-state index in [1.165, 1.54) is 0 Å². The molecule has 0 fully saturated rings. The summed E-state index contributed by atoms with van der Waals surface area (Å²) in [6.45, 7) is 0. The maximum absolute atomic E-state index is 5.10. The van der Waals surface area contributed by atoms with E-state index in [9.17, 15) is 0 Å². The molecule has 5 heteroatoms. The lowest BCUT2D eigenvalue weighted by Crippen LogP contribution is -2.38. The second-order valence-corrected chi connectivity index (χ2v) is 8.71. The fourth-order valence-electron chi connectivity index (χ4n) is 4.71.